The molecule has 0 saturated heterocycles. The molecule has 0 unspecified atom stereocenters. The number of ether oxygens (including phenoxy) is 1. The first-order chi connectivity index (χ1) is 14.5. The molecule has 2 aromatic carbocycles. The summed E-state index contributed by atoms with van der Waals surface area (Å²) in [6.07, 6.45) is 2.34. The van der Waals surface area contributed by atoms with Crippen LogP contribution < -0.4 is 5.32 Å². The van der Waals surface area contributed by atoms with Crippen LogP contribution in [-0.4, -0.2) is 28.8 Å². The van der Waals surface area contributed by atoms with Crippen LogP contribution in [0.2, 0.25) is 0 Å². The van der Waals surface area contributed by atoms with Crippen LogP contribution in [0.25, 0.3) is 11.1 Å². The number of aryl methyl sites for hydroxylation is 1. The van der Waals surface area contributed by atoms with E-state index in [-0.39, 0.29) is 18.9 Å². The third-order valence-electron chi connectivity index (χ3n) is 5.45. The van der Waals surface area contributed by atoms with Gasteiger partial charge in [-0.2, -0.15) is 0 Å². The molecule has 2 N–H and O–H groups in total. The van der Waals surface area contributed by atoms with Crippen molar-refractivity contribution in [1.82, 2.24) is 10.3 Å². The lowest BCUT2D eigenvalue weighted by Gasteiger charge is -2.20. The zero-order chi connectivity index (χ0) is 21.1. The molecule has 0 fully saturated rings. The number of carboxylic acid groups (broad SMARTS) is 1. The molecule has 4 rings (SSSR count). The van der Waals surface area contributed by atoms with Crippen molar-refractivity contribution in [2.45, 2.75) is 25.3 Å². The second-order valence-electron chi connectivity index (χ2n) is 7.35. The first kappa shape index (κ1) is 19.6. The average Bonchev–Trinajstić information content (AvgIpc) is 3.06. The lowest BCUT2D eigenvalue weighted by atomic mass is 9.98. The predicted molar refractivity (Wildman–Crippen MR) is 112 cm³/mol. The van der Waals surface area contributed by atoms with Gasteiger partial charge in [0.1, 0.15) is 6.61 Å². The molecule has 0 saturated carbocycles. The van der Waals surface area contributed by atoms with Gasteiger partial charge in [-0.1, -0.05) is 48.5 Å². The van der Waals surface area contributed by atoms with Crippen molar-refractivity contribution in [2.75, 3.05) is 6.61 Å². The Balaban J connectivity index is 1.49. The molecule has 1 atom stereocenters. The Morgan fingerprint density at radius 3 is 2.30 bits per heavy atom. The third kappa shape index (κ3) is 3.89. The van der Waals surface area contributed by atoms with Crippen molar-refractivity contribution in [3.05, 3.63) is 89.2 Å². The van der Waals surface area contributed by atoms with E-state index in [0.717, 1.165) is 27.8 Å². The van der Waals surface area contributed by atoms with Gasteiger partial charge in [-0.05, 0) is 46.4 Å². The SMILES string of the molecule is Cc1cnccc1[C@@H](CC(=O)O)NC(=O)OCC1c2ccccc2-c2ccccc21. The summed E-state index contributed by atoms with van der Waals surface area (Å²) in [6.45, 7) is 2.01. The fraction of sp³-hybridized carbons (Fsp3) is 0.208. The molecule has 0 aliphatic heterocycles. The topological polar surface area (TPSA) is 88.5 Å². The van der Waals surface area contributed by atoms with E-state index in [0.29, 0.717) is 5.56 Å². The van der Waals surface area contributed by atoms with Gasteiger partial charge in [0.25, 0.3) is 0 Å². The Bertz CT molecular complexity index is 1050. The van der Waals surface area contributed by atoms with Crippen LogP contribution in [0.5, 0.6) is 0 Å². The molecular weight excluding hydrogens is 380 g/mol. The van der Waals surface area contributed by atoms with E-state index in [1.807, 2.05) is 31.2 Å². The molecule has 6 heteroatoms. The van der Waals surface area contributed by atoms with Gasteiger partial charge < -0.3 is 15.2 Å². The maximum atomic E-state index is 12.6. The van der Waals surface area contributed by atoms with E-state index in [4.69, 9.17) is 4.74 Å². The molecule has 152 valence electrons. The second-order valence-corrected chi connectivity index (χ2v) is 7.35. The maximum Gasteiger partial charge on any atom is 0.407 e. The fourth-order valence-corrected chi connectivity index (χ4v) is 4.07. The van der Waals surface area contributed by atoms with Gasteiger partial charge in [-0.15, -0.1) is 0 Å². The number of nitrogens with one attached hydrogen (secondary N) is 1. The van der Waals surface area contributed by atoms with Gasteiger partial charge in [0.15, 0.2) is 0 Å². The number of aliphatic carboxylic acids is 1. The highest BCUT2D eigenvalue weighted by Gasteiger charge is 2.29. The van der Waals surface area contributed by atoms with Gasteiger partial charge in [-0.3, -0.25) is 9.78 Å². The molecule has 1 aliphatic carbocycles. The summed E-state index contributed by atoms with van der Waals surface area (Å²) in [5, 5.41) is 12.0. The first-order valence-electron chi connectivity index (χ1n) is 9.78. The Morgan fingerprint density at radius 1 is 1.07 bits per heavy atom. The molecule has 0 spiro atoms. The normalized spacial score (nSPS) is 13.2. The summed E-state index contributed by atoms with van der Waals surface area (Å²) in [5.41, 5.74) is 6.07. The molecule has 1 aromatic heterocycles. The minimum atomic E-state index is -1.00. The standard InChI is InChI=1S/C24H22N2O4/c1-15-13-25-11-10-16(15)22(12-23(27)28)26-24(29)30-14-21-19-8-4-2-6-17(19)18-7-3-5-9-20(18)21/h2-11,13,21-22H,12,14H2,1H3,(H,26,29)(H,27,28)/t22-/m1/s1. The number of carboxylic acids is 1. The summed E-state index contributed by atoms with van der Waals surface area (Å²) in [4.78, 5) is 27.9. The Morgan fingerprint density at radius 2 is 1.70 bits per heavy atom. The van der Waals surface area contributed by atoms with Crippen molar-refractivity contribution in [2.24, 2.45) is 0 Å². The average molecular weight is 402 g/mol. The van der Waals surface area contributed by atoms with Gasteiger partial charge in [0.05, 0.1) is 12.5 Å². The number of pyridine rings is 1. The van der Waals surface area contributed by atoms with Crippen molar-refractivity contribution < 1.29 is 19.4 Å². The molecule has 1 amide bonds. The predicted octanol–water partition coefficient (Wildman–Crippen LogP) is 4.44. The molecular formula is C24H22N2O4. The van der Waals surface area contributed by atoms with E-state index in [1.54, 1.807) is 18.5 Å². The Hall–Kier alpha value is -3.67. The van der Waals surface area contributed by atoms with Crippen LogP contribution in [0.1, 0.15) is 40.6 Å². The number of amides is 1. The Labute approximate surface area is 174 Å². The summed E-state index contributed by atoms with van der Waals surface area (Å²) in [7, 11) is 0. The lowest BCUT2D eigenvalue weighted by Crippen LogP contribution is -2.32. The highest BCUT2D eigenvalue weighted by atomic mass is 16.5. The van der Waals surface area contributed by atoms with Crippen molar-refractivity contribution in [3.8, 4) is 11.1 Å². The quantitative estimate of drug-likeness (QED) is 0.636. The van der Waals surface area contributed by atoms with E-state index >= 15 is 0 Å². The lowest BCUT2D eigenvalue weighted by molar-refractivity contribution is -0.137. The number of carbonyl (C=O) groups is 2. The van der Waals surface area contributed by atoms with Gasteiger partial charge in [0.2, 0.25) is 0 Å². The number of hydrogen-bond acceptors (Lipinski definition) is 4. The zero-order valence-corrected chi connectivity index (χ0v) is 16.5. The van der Waals surface area contributed by atoms with Crippen molar-refractivity contribution in [1.29, 1.82) is 0 Å². The monoisotopic (exact) mass is 402 g/mol. The summed E-state index contributed by atoms with van der Waals surface area (Å²) < 4.78 is 5.55. The molecule has 30 heavy (non-hydrogen) atoms. The first-order valence-corrected chi connectivity index (χ1v) is 9.78. The summed E-state index contributed by atoms with van der Waals surface area (Å²) in [6, 6.07) is 17.2. The number of benzene rings is 2. The Kier molecular flexibility index (Phi) is 5.48. The van der Waals surface area contributed by atoms with Crippen LogP contribution in [0.15, 0.2) is 67.0 Å². The fourth-order valence-electron chi connectivity index (χ4n) is 4.07. The molecule has 6 nitrogen and oxygen atoms in total. The van der Waals surface area contributed by atoms with E-state index < -0.39 is 18.1 Å². The van der Waals surface area contributed by atoms with Crippen molar-refractivity contribution >= 4 is 12.1 Å². The number of hydrogen-bond donors (Lipinski definition) is 2. The molecule has 1 aliphatic rings. The second kappa shape index (κ2) is 8.37. The number of carbonyl (C=O) groups excluding carboxylic acids is 1. The maximum absolute atomic E-state index is 12.6. The molecule has 0 radical (unpaired) electrons. The van der Waals surface area contributed by atoms with Crippen molar-refractivity contribution in [3.63, 3.8) is 0 Å². The number of alkyl carbamates (subject to hydrolysis) is 1. The smallest absolute Gasteiger partial charge is 0.407 e. The van der Waals surface area contributed by atoms with Gasteiger partial charge >= 0.3 is 12.1 Å². The van der Waals surface area contributed by atoms with E-state index in [1.165, 1.54) is 0 Å². The van der Waals surface area contributed by atoms with Crippen LogP contribution in [0.3, 0.4) is 0 Å². The molecule has 0 bridgehead atoms. The highest BCUT2D eigenvalue weighted by Crippen LogP contribution is 2.44. The van der Waals surface area contributed by atoms with Crippen LogP contribution >= 0.6 is 0 Å². The minimum Gasteiger partial charge on any atom is -0.481 e. The highest BCUT2D eigenvalue weighted by molar-refractivity contribution is 5.79. The summed E-state index contributed by atoms with van der Waals surface area (Å²) >= 11 is 0. The molecule has 3 aromatic rings. The van der Waals surface area contributed by atoms with Crippen LogP contribution in [0, 0.1) is 6.92 Å². The number of rotatable bonds is 6. The van der Waals surface area contributed by atoms with Crippen LogP contribution in [0.4, 0.5) is 4.79 Å². The minimum absolute atomic E-state index is 0.0521. The van der Waals surface area contributed by atoms with E-state index in [9.17, 15) is 14.7 Å². The van der Waals surface area contributed by atoms with Gasteiger partial charge in [-0.25, -0.2) is 4.79 Å². The molecule has 1 heterocycles. The number of fused-ring (bicyclic) bond motifs is 3. The number of aromatic nitrogens is 1. The summed E-state index contributed by atoms with van der Waals surface area (Å²) in [5.74, 6) is -1.06. The third-order valence-corrected chi connectivity index (χ3v) is 5.45. The van der Waals surface area contributed by atoms with Gasteiger partial charge in [0, 0.05) is 18.3 Å². The van der Waals surface area contributed by atoms with E-state index in [2.05, 4.69) is 34.6 Å². The zero-order valence-electron chi connectivity index (χ0n) is 16.5. The van der Waals surface area contributed by atoms with Crippen LogP contribution in [-0.2, 0) is 9.53 Å². The number of nitrogens with zero attached hydrogens (tertiary/aromatic N) is 1. The largest absolute Gasteiger partial charge is 0.481 e.